The van der Waals surface area contributed by atoms with Crippen LogP contribution < -0.4 is 11.1 Å². The molecule has 1 aliphatic carbocycles. The molecule has 28 heavy (non-hydrogen) atoms. The zero-order chi connectivity index (χ0) is 19.7. The third kappa shape index (κ3) is 3.25. The number of hydrogen-bond acceptors (Lipinski definition) is 4. The maximum atomic E-state index is 14.0. The summed E-state index contributed by atoms with van der Waals surface area (Å²) in [5.41, 5.74) is 6.49. The zero-order valence-electron chi connectivity index (χ0n) is 15.3. The summed E-state index contributed by atoms with van der Waals surface area (Å²) in [6.07, 6.45) is 3.91. The highest BCUT2D eigenvalue weighted by molar-refractivity contribution is 6.06. The summed E-state index contributed by atoms with van der Waals surface area (Å²) in [5, 5.41) is 14.7. The molecule has 144 valence electrons. The Hall–Kier alpha value is -2.83. The van der Waals surface area contributed by atoms with E-state index in [0.29, 0.717) is 30.4 Å². The summed E-state index contributed by atoms with van der Waals surface area (Å²) in [6.45, 7) is 0. The summed E-state index contributed by atoms with van der Waals surface area (Å²) >= 11 is 0. The number of nitrogens with zero attached hydrogens (tertiary/aromatic N) is 1. The van der Waals surface area contributed by atoms with Crippen molar-refractivity contribution in [1.82, 2.24) is 10.3 Å². The van der Waals surface area contributed by atoms with Gasteiger partial charge in [-0.1, -0.05) is 36.4 Å². The first-order valence-corrected chi connectivity index (χ1v) is 9.34. The fraction of sp³-hybridized carbons (Fsp3) is 0.273. The molecule has 3 unspecified atom stereocenters. The molecule has 1 heterocycles. The Kier molecular flexibility index (Phi) is 4.83. The van der Waals surface area contributed by atoms with Crippen LogP contribution in [0.25, 0.3) is 10.8 Å². The van der Waals surface area contributed by atoms with Gasteiger partial charge >= 0.3 is 0 Å². The fourth-order valence-electron chi connectivity index (χ4n) is 4.11. The molecule has 3 atom stereocenters. The number of carbonyl (C=O) groups excluding carboxylic acids is 1. The number of carbonyl (C=O) groups is 1. The normalized spacial score (nSPS) is 24.8. The molecular weight excluding hydrogens is 357 g/mol. The van der Waals surface area contributed by atoms with Crippen LogP contribution in [0.3, 0.4) is 0 Å². The summed E-state index contributed by atoms with van der Waals surface area (Å²) in [7, 11) is 0. The first-order chi connectivity index (χ1) is 13.5. The van der Waals surface area contributed by atoms with Crippen LogP contribution in [0.5, 0.6) is 0 Å². The van der Waals surface area contributed by atoms with Gasteiger partial charge in [-0.15, -0.1) is 0 Å². The van der Waals surface area contributed by atoms with Crippen LogP contribution in [0.15, 0.2) is 60.9 Å². The van der Waals surface area contributed by atoms with Gasteiger partial charge in [0.1, 0.15) is 5.82 Å². The van der Waals surface area contributed by atoms with E-state index in [0.717, 1.165) is 10.8 Å². The lowest BCUT2D eigenvalue weighted by Crippen LogP contribution is -2.60. The maximum absolute atomic E-state index is 14.0. The van der Waals surface area contributed by atoms with Crippen LogP contribution in [0.2, 0.25) is 0 Å². The van der Waals surface area contributed by atoms with Crippen LogP contribution in [0, 0.1) is 5.82 Å². The summed E-state index contributed by atoms with van der Waals surface area (Å²) < 4.78 is 14.0. The van der Waals surface area contributed by atoms with E-state index in [9.17, 15) is 14.3 Å². The van der Waals surface area contributed by atoms with Gasteiger partial charge < -0.3 is 16.2 Å². The van der Waals surface area contributed by atoms with E-state index < -0.39 is 23.5 Å². The average molecular weight is 379 g/mol. The molecule has 2 aromatic carbocycles. The highest BCUT2D eigenvalue weighted by Crippen LogP contribution is 2.37. The molecule has 0 saturated heterocycles. The first kappa shape index (κ1) is 18.5. The summed E-state index contributed by atoms with van der Waals surface area (Å²) in [4.78, 5) is 17.4. The van der Waals surface area contributed by atoms with Crippen LogP contribution >= 0.6 is 0 Å². The highest BCUT2D eigenvalue weighted by Gasteiger charge is 2.44. The number of aliphatic hydroxyl groups excluding tert-OH is 1. The highest BCUT2D eigenvalue weighted by atomic mass is 19.1. The van der Waals surface area contributed by atoms with Gasteiger partial charge in [0, 0.05) is 23.8 Å². The van der Waals surface area contributed by atoms with Crippen LogP contribution in [0.1, 0.15) is 35.2 Å². The number of fused-ring (bicyclic) bond motifs is 1. The molecule has 6 heteroatoms. The van der Waals surface area contributed by atoms with Gasteiger partial charge in [0.25, 0.3) is 5.91 Å². The topological polar surface area (TPSA) is 88.2 Å². The minimum Gasteiger partial charge on any atom is -0.393 e. The standard InChI is InChI=1S/C22H22FN3O2/c23-16-6-3-5-15(10-16)22(9-8-17(27)11-20(22)24)26-21(28)19-13-25-12-14-4-1-2-7-18(14)19/h1-7,10,12-13,17,20,27H,8-9,11,24H2,(H,26,28). The van der Waals surface area contributed by atoms with Crippen molar-refractivity contribution in [1.29, 1.82) is 0 Å². The predicted molar refractivity (Wildman–Crippen MR) is 105 cm³/mol. The molecule has 4 N–H and O–H groups in total. The van der Waals surface area contributed by atoms with Crippen molar-refractivity contribution in [3.05, 3.63) is 77.9 Å². The number of hydrogen-bond donors (Lipinski definition) is 3. The number of pyridine rings is 1. The second-order valence-electron chi connectivity index (χ2n) is 7.38. The molecule has 3 aromatic rings. The van der Waals surface area contributed by atoms with Gasteiger partial charge in [-0.3, -0.25) is 9.78 Å². The van der Waals surface area contributed by atoms with Crippen LogP contribution in [0.4, 0.5) is 4.39 Å². The lowest BCUT2D eigenvalue weighted by Gasteiger charge is -2.45. The van der Waals surface area contributed by atoms with E-state index in [2.05, 4.69) is 10.3 Å². The van der Waals surface area contributed by atoms with Crippen molar-refractivity contribution in [2.24, 2.45) is 5.73 Å². The Balaban J connectivity index is 1.77. The quantitative estimate of drug-likeness (QED) is 0.653. The molecular formula is C22H22FN3O2. The number of amides is 1. The second kappa shape index (κ2) is 7.30. The van der Waals surface area contributed by atoms with Crippen molar-refractivity contribution in [2.75, 3.05) is 0 Å². The van der Waals surface area contributed by atoms with Gasteiger partial charge in [-0.2, -0.15) is 0 Å². The average Bonchev–Trinajstić information content (AvgIpc) is 2.69. The Morgan fingerprint density at radius 1 is 1.21 bits per heavy atom. The van der Waals surface area contributed by atoms with Gasteiger partial charge in [0.2, 0.25) is 0 Å². The van der Waals surface area contributed by atoms with E-state index in [1.165, 1.54) is 18.3 Å². The number of aliphatic hydroxyl groups is 1. The minimum atomic E-state index is -0.963. The van der Waals surface area contributed by atoms with Crippen LogP contribution in [-0.4, -0.2) is 28.1 Å². The molecule has 0 bridgehead atoms. The summed E-state index contributed by atoms with van der Waals surface area (Å²) in [5.74, 6) is -0.711. The maximum Gasteiger partial charge on any atom is 0.254 e. The Morgan fingerprint density at radius 3 is 2.82 bits per heavy atom. The second-order valence-corrected chi connectivity index (χ2v) is 7.38. The Morgan fingerprint density at radius 2 is 2.04 bits per heavy atom. The lowest BCUT2D eigenvalue weighted by molar-refractivity contribution is 0.0566. The van der Waals surface area contributed by atoms with Crippen molar-refractivity contribution in [3.8, 4) is 0 Å². The van der Waals surface area contributed by atoms with E-state index in [-0.39, 0.29) is 5.91 Å². The molecule has 1 aliphatic rings. The number of benzene rings is 2. The van der Waals surface area contributed by atoms with Gasteiger partial charge in [0.05, 0.1) is 17.2 Å². The molecule has 1 fully saturated rings. The molecule has 1 saturated carbocycles. The third-order valence-electron chi connectivity index (χ3n) is 5.62. The van der Waals surface area contributed by atoms with Crippen molar-refractivity contribution < 1.29 is 14.3 Å². The summed E-state index contributed by atoms with van der Waals surface area (Å²) in [6, 6.07) is 13.1. The van der Waals surface area contributed by atoms with E-state index in [1.54, 1.807) is 18.3 Å². The molecule has 1 aromatic heterocycles. The van der Waals surface area contributed by atoms with Gasteiger partial charge in [-0.25, -0.2) is 4.39 Å². The smallest absolute Gasteiger partial charge is 0.254 e. The van der Waals surface area contributed by atoms with Crippen molar-refractivity contribution in [2.45, 2.75) is 36.9 Å². The zero-order valence-corrected chi connectivity index (χ0v) is 15.3. The van der Waals surface area contributed by atoms with Gasteiger partial charge in [-0.05, 0) is 42.3 Å². The predicted octanol–water partition coefficient (Wildman–Crippen LogP) is 2.87. The lowest BCUT2D eigenvalue weighted by atomic mass is 9.72. The van der Waals surface area contributed by atoms with Crippen LogP contribution in [-0.2, 0) is 5.54 Å². The van der Waals surface area contributed by atoms with Gasteiger partial charge in [0.15, 0.2) is 0 Å². The van der Waals surface area contributed by atoms with E-state index >= 15 is 0 Å². The third-order valence-corrected chi connectivity index (χ3v) is 5.62. The molecule has 4 rings (SSSR count). The van der Waals surface area contributed by atoms with Crippen molar-refractivity contribution >= 4 is 16.7 Å². The van der Waals surface area contributed by atoms with E-state index in [4.69, 9.17) is 5.73 Å². The molecule has 0 spiro atoms. The minimum absolute atomic E-state index is 0.319. The first-order valence-electron chi connectivity index (χ1n) is 9.34. The Bertz CT molecular complexity index is 1020. The monoisotopic (exact) mass is 379 g/mol. The van der Waals surface area contributed by atoms with E-state index in [1.807, 2.05) is 24.3 Å². The molecule has 1 amide bonds. The largest absolute Gasteiger partial charge is 0.393 e. The number of nitrogens with two attached hydrogens (primary N) is 1. The molecule has 0 aliphatic heterocycles. The van der Waals surface area contributed by atoms with Crippen molar-refractivity contribution in [3.63, 3.8) is 0 Å². The molecule has 0 radical (unpaired) electrons. The number of aromatic nitrogens is 1. The number of halogens is 1. The fourth-order valence-corrected chi connectivity index (χ4v) is 4.11. The molecule has 5 nitrogen and oxygen atoms in total. The number of nitrogens with one attached hydrogen (secondary N) is 1. The Labute approximate surface area is 162 Å². The SMILES string of the molecule is NC1CC(O)CCC1(NC(=O)c1cncc2ccccc12)c1cccc(F)c1. The number of rotatable bonds is 3.